The summed E-state index contributed by atoms with van der Waals surface area (Å²) < 4.78 is 0. The normalized spacial score (nSPS) is 21.0. The van der Waals surface area contributed by atoms with Crippen molar-refractivity contribution in [3.8, 4) is 0 Å². The van der Waals surface area contributed by atoms with Crippen molar-refractivity contribution in [1.29, 1.82) is 0 Å². The molecule has 158 valence electrons. The molecule has 0 aromatic carbocycles. The maximum Gasteiger partial charge on any atom is 0.225 e. The van der Waals surface area contributed by atoms with Crippen LogP contribution in [0.4, 0.5) is 5.82 Å². The number of piperazine rings is 1. The fourth-order valence-corrected chi connectivity index (χ4v) is 5.86. The molecule has 1 saturated heterocycles. The van der Waals surface area contributed by atoms with E-state index in [1.54, 1.807) is 0 Å². The predicted molar refractivity (Wildman–Crippen MR) is 121 cm³/mol. The Hall–Kier alpha value is -1.69. The zero-order valence-electron chi connectivity index (χ0n) is 18.5. The third-order valence-corrected chi connectivity index (χ3v) is 7.74. The van der Waals surface area contributed by atoms with E-state index in [1.165, 1.54) is 33.5 Å². The van der Waals surface area contributed by atoms with Crippen molar-refractivity contribution in [3.63, 3.8) is 0 Å². The van der Waals surface area contributed by atoms with Crippen LogP contribution in [0.3, 0.4) is 0 Å². The lowest BCUT2D eigenvalue weighted by atomic mass is 9.89. The molecular formula is C23H34N4OS. The second-order valence-corrected chi connectivity index (χ2v) is 10.3. The average molecular weight is 415 g/mol. The van der Waals surface area contributed by atoms with Gasteiger partial charge in [-0.2, -0.15) is 0 Å². The number of carbonyl (C=O) groups is 1. The van der Waals surface area contributed by atoms with Gasteiger partial charge in [-0.25, -0.2) is 9.97 Å². The molecule has 1 aliphatic heterocycles. The molecule has 6 heteroatoms. The second kappa shape index (κ2) is 8.21. The maximum absolute atomic E-state index is 12.4. The van der Waals surface area contributed by atoms with Gasteiger partial charge in [0.05, 0.1) is 5.39 Å². The molecule has 2 aromatic heterocycles. The fraction of sp³-hybridized carbons (Fsp3) is 0.696. The lowest BCUT2D eigenvalue weighted by Gasteiger charge is -2.36. The number of nitrogens with zero attached hydrogens (tertiary/aromatic N) is 4. The smallest absolute Gasteiger partial charge is 0.225 e. The average Bonchev–Trinajstić information content (AvgIpc) is 3.09. The van der Waals surface area contributed by atoms with E-state index in [0.29, 0.717) is 5.92 Å². The maximum atomic E-state index is 12.4. The van der Waals surface area contributed by atoms with Crippen LogP contribution in [-0.2, 0) is 17.6 Å². The van der Waals surface area contributed by atoms with Gasteiger partial charge in [-0.3, -0.25) is 4.79 Å². The van der Waals surface area contributed by atoms with Crippen LogP contribution in [-0.4, -0.2) is 47.0 Å². The molecule has 5 nitrogen and oxygen atoms in total. The third-order valence-electron chi connectivity index (χ3n) is 6.59. The number of thiophene rings is 1. The summed E-state index contributed by atoms with van der Waals surface area (Å²) in [6, 6.07) is 0. The molecule has 0 saturated carbocycles. The van der Waals surface area contributed by atoms with Crippen molar-refractivity contribution in [1.82, 2.24) is 14.9 Å². The Kier molecular flexibility index (Phi) is 5.83. The van der Waals surface area contributed by atoms with Crippen LogP contribution in [0.15, 0.2) is 0 Å². The molecule has 0 N–H and O–H groups in total. The van der Waals surface area contributed by atoms with Gasteiger partial charge < -0.3 is 9.80 Å². The van der Waals surface area contributed by atoms with Crippen molar-refractivity contribution < 1.29 is 4.79 Å². The Morgan fingerprint density at radius 2 is 1.90 bits per heavy atom. The number of aryl methyl sites for hydroxylation is 1. The van der Waals surface area contributed by atoms with E-state index < -0.39 is 0 Å². The van der Waals surface area contributed by atoms with Crippen LogP contribution in [0.5, 0.6) is 0 Å². The van der Waals surface area contributed by atoms with Crippen molar-refractivity contribution >= 4 is 33.3 Å². The first-order valence-electron chi connectivity index (χ1n) is 11.2. The highest BCUT2D eigenvalue weighted by Crippen LogP contribution is 2.41. The standard InChI is InChI=1S/C23H34N4OS/c1-6-16(5)20-24-21(26-9-11-27(12-10-26)23(28)14(2)3)19-17-8-7-15(4)13-18(17)29-22(19)25-20/h14-16H,6-13H2,1-5H3/t15-,16-/m1/s1. The van der Waals surface area contributed by atoms with Gasteiger partial charge in [0.2, 0.25) is 5.91 Å². The van der Waals surface area contributed by atoms with E-state index >= 15 is 0 Å². The molecule has 29 heavy (non-hydrogen) atoms. The van der Waals surface area contributed by atoms with E-state index in [1.807, 2.05) is 30.1 Å². The number of rotatable bonds is 4. The Morgan fingerprint density at radius 3 is 2.55 bits per heavy atom. The lowest BCUT2D eigenvalue weighted by Crippen LogP contribution is -2.50. The molecule has 2 aliphatic rings. The molecule has 2 aromatic rings. The molecule has 2 atom stereocenters. The first-order valence-corrected chi connectivity index (χ1v) is 12.1. The Balaban J connectivity index is 1.71. The van der Waals surface area contributed by atoms with Crippen LogP contribution in [0.1, 0.15) is 69.6 Å². The molecule has 0 unspecified atom stereocenters. The molecular weight excluding hydrogens is 380 g/mol. The van der Waals surface area contributed by atoms with E-state index in [2.05, 4.69) is 25.7 Å². The van der Waals surface area contributed by atoms with Crippen molar-refractivity contribution in [3.05, 3.63) is 16.3 Å². The number of amides is 1. The van der Waals surface area contributed by atoms with E-state index in [0.717, 1.165) is 56.6 Å². The van der Waals surface area contributed by atoms with Gasteiger partial charge in [0.25, 0.3) is 0 Å². The summed E-state index contributed by atoms with van der Waals surface area (Å²) in [5.41, 5.74) is 1.49. The number of fused-ring (bicyclic) bond motifs is 3. The van der Waals surface area contributed by atoms with E-state index in [-0.39, 0.29) is 11.8 Å². The highest BCUT2D eigenvalue weighted by atomic mass is 32.1. The SMILES string of the molecule is CC[C@@H](C)c1nc(N2CCN(C(=O)C(C)C)CC2)c2c3c(sc2n1)C[C@H](C)CC3. The number of carbonyl (C=O) groups excluding carboxylic acids is 1. The van der Waals surface area contributed by atoms with Gasteiger partial charge >= 0.3 is 0 Å². The molecule has 1 aliphatic carbocycles. The van der Waals surface area contributed by atoms with Gasteiger partial charge in [-0.1, -0.05) is 34.6 Å². The Morgan fingerprint density at radius 1 is 1.17 bits per heavy atom. The third kappa shape index (κ3) is 3.88. The summed E-state index contributed by atoms with van der Waals surface area (Å²) in [5, 5.41) is 1.30. The molecule has 0 bridgehead atoms. The number of anilines is 1. The summed E-state index contributed by atoms with van der Waals surface area (Å²) in [5.74, 6) is 3.54. The number of aromatic nitrogens is 2. The topological polar surface area (TPSA) is 49.3 Å². The minimum absolute atomic E-state index is 0.0650. The van der Waals surface area contributed by atoms with Gasteiger partial charge in [0, 0.05) is 42.9 Å². The molecule has 1 amide bonds. The molecule has 4 rings (SSSR count). The van der Waals surface area contributed by atoms with E-state index in [4.69, 9.17) is 9.97 Å². The highest BCUT2D eigenvalue weighted by Gasteiger charge is 2.29. The fourth-order valence-electron chi connectivity index (χ4n) is 4.47. The van der Waals surface area contributed by atoms with Gasteiger partial charge in [0.1, 0.15) is 16.5 Å². The minimum Gasteiger partial charge on any atom is -0.352 e. The van der Waals surface area contributed by atoms with Crippen LogP contribution >= 0.6 is 11.3 Å². The quantitative estimate of drug-likeness (QED) is 0.732. The molecule has 0 spiro atoms. The van der Waals surface area contributed by atoms with Gasteiger partial charge in [0.15, 0.2) is 0 Å². The van der Waals surface area contributed by atoms with E-state index in [9.17, 15) is 4.79 Å². The summed E-state index contributed by atoms with van der Waals surface area (Å²) in [6.07, 6.45) is 4.61. The predicted octanol–water partition coefficient (Wildman–Crippen LogP) is 4.63. The first-order chi connectivity index (χ1) is 13.9. The highest BCUT2D eigenvalue weighted by molar-refractivity contribution is 7.19. The van der Waals surface area contributed by atoms with Crippen molar-refractivity contribution in [2.45, 2.75) is 66.2 Å². The molecule has 0 radical (unpaired) electrons. The number of hydrogen-bond acceptors (Lipinski definition) is 5. The van der Waals surface area contributed by atoms with Gasteiger partial charge in [-0.15, -0.1) is 11.3 Å². The number of hydrogen-bond donors (Lipinski definition) is 0. The van der Waals surface area contributed by atoms with Crippen LogP contribution in [0, 0.1) is 11.8 Å². The minimum atomic E-state index is 0.0650. The van der Waals surface area contributed by atoms with Gasteiger partial charge in [-0.05, 0) is 37.2 Å². The largest absolute Gasteiger partial charge is 0.352 e. The summed E-state index contributed by atoms with van der Waals surface area (Å²) in [4.78, 5) is 29.6. The van der Waals surface area contributed by atoms with Crippen LogP contribution in [0.25, 0.3) is 10.2 Å². The van der Waals surface area contributed by atoms with Crippen LogP contribution in [0.2, 0.25) is 0 Å². The second-order valence-electron chi connectivity index (χ2n) is 9.21. The van der Waals surface area contributed by atoms with Crippen LogP contribution < -0.4 is 4.90 Å². The lowest BCUT2D eigenvalue weighted by molar-refractivity contribution is -0.134. The first kappa shape index (κ1) is 20.6. The summed E-state index contributed by atoms with van der Waals surface area (Å²) >= 11 is 1.89. The Bertz CT molecular complexity index is 898. The molecule has 3 heterocycles. The summed E-state index contributed by atoms with van der Waals surface area (Å²) in [6.45, 7) is 14.0. The van der Waals surface area contributed by atoms with Crippen molar-refractivity contribution in [2.24, 2.45) is 11.8 Å². The van der Waals surface area contributed by atoms with Crippen molar-refractivity contribution in [2.75, 3.05) is 31.1 Å². The Labute approximate surface area is 178 Å². The molecule has 1 fully saturated rings. The monoisotopic (exact) mass is 414 g/mol. The zero-order chi connectivity index (χ0) is 20.7. The summed E-state index contributed by atoms with van der Waals surface area (Å²) in [7, 11) is 0. The zero-order valence-corrected chi connectivity index (χ0v) is 19.3.